The van der Waals surface area contributed by atoms with Crippen LogP contribution in [0.15, 0.2) is 181 Å². The van der Waals surface area contributed by atoms with E-state index in [9.17, 15) is 0 Å². The molecule has 10 rings (SSSR count). The molecule has 0 amide bonds. The minimum atomic E-state index is -0.424. The summed E-state index contributed by atoms with van der Waals surface area (Å²) >= 11 is 0. The van der Waals surface area contributed by atoms with Crippen LogP contribution in [0.2, 0.25) is 0 Å². The Morgan fingerprint density at radius 1 is 0.569 bits per heavy atom. The molecular formula is C46H34N4O. The number of fused-ring (bicyclic) bond motifs is 5. The molecule has 0 aliphatic carbocycles. The molecule has 7 aromatic rings. The third-order valence-corrected chi connectivity index (χ3v) is 10.2. The van der Waals surface area contributed by atoms with Crippen LogP contribution in [0.25, 0.3) is 27.6 Å². The summed E-state index contributed by atoms with van der Waals surface area (Å²) in [6.45, 7) is 0. The Bertz CT molecular complexity index is 2410. The molecule has 3 aliphatic rings. The number of ether oxygens (including phenoxy) is 1. The van der Waals surface area contributed by atoms with E-state index in [1.165, 1.54) is 27.3 Å². The highest BCUT2D eigenvalue weighted by molar-refractivity contribution is 5.97. The number of para-hydroxylation sites is 2. The molecule has 4 unspecified atom stereocenters. The SMILES string of the molecule is c1ccc(C2=NC(c3ccc(-c4cccc(C5[N-]c6c(ccc7c6-c6ccccc6NC7c6ccccc6)O5)c4)cc3)[NH+]2c2ccccc2)cc1. The second-order valence-corrected chi connectivity index (χ2v) is 13.3. The average Bonchev–Trinajstić information content (AvgIpc) is 3.64. The number of benzene rings is 7. The van der Waals surface area contributed by atoms with Gasteiger partial charge in [-0.2, -0.15) is 4.99 Å². The Balaban J connectivity index is 0.939. The van der Waals surface area contributed by atoms with Crippen molar-refractivity contribution in [1.29, 1.82) is 0 Å². The second kappa shape index (κ2) is 12.2. The van der Waals surface area contributed by atoms with Crippen molar-refractivity contribution in [2.45, 2.75) is 18.4 Å². The average molecular weight is 659 g/mol. The number of aliphatic imine (C=N–C) groups is 1. The zero-order chi connectivity index (χ0) is 33.7. The Morgan fingerprint density at radius 2 is 1.25 bits per heavy atom. The summed E-state index contributed by atoms with van der Waals surface area (Å²) in [4.78, 5) is 6.39. The van der Waals surface area contributed by atoms with Gasteiger partial charge in [0, 0.05) is 16.8 Å². The lowest BCUT2D eigenvalue weighted by Crippen LogP contribution is -3.14. The van der Waals surface area contributed by atoms with Gasteiger partial charge in [0.1, 0.15) is 11.4 Å². The topological polar surface area (TPSA) is 52.2 Å². The van der Waals surface area contributed by atoms with E-state index in [2.05, 4.69) is 175 Å². The molecule has 0 radical (unpaired) electrons. The van der Waals surface area contributed by atoms with Gasteiger partial charge in [0.15, 0.2) is 0 Å². The number of hydrogen-bond donors (Lipinski definition) is 2. The number of hydrogen-bond acceptors (Lipinski definition) is 3. The van der Waals surface area contributed by atoms with E-state index in [1.807, 2.05) is 6.07 Å². The fourth-order valence-corrected chi connectivity index (χ4v) is 7.75. The summed E-state index contributed by atoms with van der Waals surface area (Å²) < 4.78 is 6.57. The molecule has 0 fully saturated rings. The summed E-state index contributed by atoms with van der Waals surface area (Å²) in [5, 5.41) is 9.03. The van der Waals surface area contributed by atoms with Crippen LogP contribution in [-0.2, 0) is 0 Å². The molecule has 0 saturated heterocycles. The maximum Gasteiger partial charge on any atom is 0.241 e. The first-order valence-electron chi connectivity index (χ1n) is 17.5. The molecule has 0 saturated carbocycles. The molecule has 0 aromatic heterocycles. The molecule has 5 heteroatoms. The van der Waals surface area contributed by atoms with Crippen LogP contribution in [0, 0.1) is 0 Å². The first-order chi connectivity index (χ1) is 25.3. The second-order valence-electron chi connectivity index (χ2n) is 13.3. The van der Waals surface area contributed by atoms with Crippen molar-refractivity contribution in [1.82, 2.24) is 0 Å². The Hall–Kier alpha value is -6.43. The van der Waals surface area contributed by atoms with Gasteiger partial charge in [0.2, 0.25) is 12.0 Å². The van der Waals surface area contributed by atoms with E-state index in [-0.39, 0.29) is 12.2 Å². The summed E-state index contributed by atoms with van der Waals surface area (Å²) in [6, 6.07) is 61.9. The van der Waals surface area contributed by atoms with Gasteiger partial charge in [-0.25, -0.2) is 4.90 Å². The zero-order valence-corrected chi connectivity index (χ0v) is 27.8. The number of nitrogens with zero attached hydrogens (tertiary/aromatic N) is 2. The normalized spacial score (nSPS) is 19.6. The molecular weight excluding hydrogens is 625 g/mol. The molecule has 51 heavy (non-hydrogen) atoms. The number of amidine groups is 1. The summed E-state index contributed by atoms with van der Waals surface area (Å²) in [5.41, 5.74) is 13.6. The first kappa shape index (κ1) is 29.5. The van der Waals surface area contributed by atoms with Crippen molar-refractivity contribution in [3.63, 3.8) is 0 Å². The third-order valence-electron chi connectivity index (χ3n) is 10.2. The van der Waals surface area contributed by atoms with Gasteiger partial charge < -0.3 is 15.4 Å². The van der Waals surface area contributed by atoms with Crippen molar-refractivity contribution in [3.05, 3.63) is 209 Å². The van der Waals surface area contributed by atoms with E-state index in [1.54, 1.807) is 0 Å². The van der Waals surface area contributed by atoms with Crippen molar-refractivity contribution in [3.8, 4) is 28.0 Å². The van der Waals surface area contributed by atoms with Crippen molar-refractivity contribution < 1.29 is 9.64 Å². The number of anilines is 1. The standard InChI is InChI=1S/C46H33N4O/c1-4-13-31(14-5-1)42-38-27-28-40-43(41(38)37-21-10-11-22-39(37)47-42)48-46(51-40)35-18-12-17-34(29-35)30-23-25-33(26-24-30)45-49-44(32-15-6-2-7-16-32)50(45)36-19-8-3-9-20-36/h1-29,42,45-47H/q-1/p+1. The minimum absolute atomic E-state index is 0.0000641. The highest BCUT2D eigenvalue weighted by atomic mass is 16.5. The van der Waals surface area contributed by atoms with E-state index in [0.717, 1.165) is 56.3 Å². The predicted molar refractivity (Wildman–Crippen MR) is 205 cm³/mol. The van der Waals surface area contributed by atoms with Crippen LogP contribution < -0.4 is 15.0 Å². The number of quaternary nitrogens is 1. The highest BCUT2D eigenvalue weighted by Gasteiger charge is 2.41. The molecule has 0 spiro atoms. The Morgan fingerprint density at radius 3 is 2.06 bits per heavy atom. The largest absolute Gasteiger partial charge is 0.642 e. The first-order valence-corrected chi connectivity index (χ1v) is 17.5. The van der Waals surface area contributed by atoms with Gasteiger partial charge in [-0.15, -0.1) is 0 Å². The Labute approximate surface area is 297 Å². The van der Waals surface area contributed by atoms with Crippen LogP contribution in [0.5, 0.6) is 5.75 Å². The van der Waals surface area contributed by atoms with Crippen molar-refractivity contribution in [2.75, 3.05) is 5.32 Å². The predicted octanol–water partition coefficient (Wildman–Crippen LogP) is 10.3. The molecule has 3 aliphatic heterocycles. The fraction of sp³-hybridized carbons (Fsp3) is 0.0652. The monoisotopic (exact) mass is 658 g/mol. The highest BCUT2D eigenvalue weighted by Crippen LogP contribution is 2.57. The molecule has 3 heterocycles. The molecule has 5 nitrogen and oxygen atoms in total. The van der Waals surface area contributed by atoms with Crippen LogP contribution >= 0.6 is 0 Å². The van der Waals surface area contributed by atoms with Crippen LogP contribution in [0.3, 0.4) is 0 Å². The van der Waals surface area contributed by atoms with E-state index in [0.29, 0.717) is 0 Å². The number of nitrogens with one attached hydrogen (secondary N) is 2. The molecule has 244 valence electrons. The third kappa shape index (κ3) is 5.09. The smallest absolute Gasteiger partial charge is 0.241 e. The molecule has 0 bridgehead atoms. The maximum atomic E-state index is 6.57. The fourth-order valence-electron chi connectivity index (χ4n) is 7.75. The van der Waals surface area contributed by atoms with Crippen LogP contribution in [-0.4, -0.2) is 5.84 Å². The van der Waals surface area contributed by atoms with Crippen molar-refractivity contribution >= 4 is 22.9 Å². The van der Waals surface area contributed by atoms with Crippen molar-refractivity contribution in [2.24, 2.45) is 4.99 Å². The maximum absolute atomic E-state index is 6.57. The van der Waals surface area contributed by atoms with E-state index in [4.69, 9.17) is 15.0 Å². The molecule has 2 N–H and O–H groups in total. The van der Waals surface area contributed by atoms with E-state index >= 15 is 0 Å². The van der Waals surface area contributed by atoms with Gasteiger partial charge >= 0.3 is 0 Å². The van der Waals surface area contributed by atoms with Gasteiger partial charge in [-0.3, -0.25) is 0 Å². The summed E-state index contributed by atoms with van der Waals surface area (Å²) in [5.74, 6) is 1.89. The lowest BCUT2D eigenvalue weighted by molar-refractivity contribution is -0.792. The van der Waals surface area contributed by atoms with Crippen LogP contribution in [0.1, 0.15) is 46.3 Å². The van der Waals surface area contributed by atoms with E-state index < -0.39 is 6.23 Å². The van der Waals surface area contributed by atoms with Gasteiger partial charge in [-0.05, 0) is 75.8 Å². The molecule has 4 atom stereocenters. The van der Waals surface area contributed by atoms with Gasteiger partial charge in [0.05, 0.1) is 17.8 Å². The Kier molecular flexibility index (Phi) is 7.03. The minimum Gasteiger partial charge on any atom is -0.642 e. The quantitative estimate of drug-likeness (QED) is 0.187. The summed E-state index contributed by atoms with van der Waals surface area (Å²) in [7, 11) is 0. The van der Waals surface area contributed by atoms with Gasteiger partial charge in [0.25, 0.3) is 0 Å². The lowest BCUT2D eigenvalue weighted by atomic mass is 9.85. The molecule has 7 aromatic carbocycles. The van der Waals surface area contributed by atoms with Gasteiger partial charge in [-0.1, -0.05) is 139 Å². The van der Waals surface area contributed by atoms with Crippen LogP contribution in [0.4, 0.5) is 17.1 Å². The lowest BCUT2D eigenvalue weighted by Gasteiger charge is -2.34. The summed E-state index contributed by atoms with van der Waals surface area (Å²) in [6.07, 6.45) is -0.424. The number of rotatable bonds is 6. The zero-order valence-electron chi connectivity index (χ0n) is 27.8.